The van der Waals surface area contributed by atoms with Crippen molar-refractivity contribution in [2.75, 3.05) is 47.5 Å². The molecule has 0 N–H and O–H groups in total. The third-order valence-corrected chi connectivity index (χ3v) is 19.7. The number of nitrogens with zero attached hydrogens (tertiary/aromatic N) is 1. The zero-order chi connectivity index (χ0) is 69.7. The summed E-state index contributed by atoms with van der Waals surface area (Å²) >= 11 is 0. The Morgan fingerprint density at radius 3 is 0.885 bits per heavy atom. The number of carbonyl (C=O) groups is 2. The van der Waals surface area contributed by atoms with E-state index in [9.17, 15) is 19.0 Å². The normalized spacial score (nSPS) is 13.4. The summed E-state index contributed by atoms with van der Waals surface area (Å²) in [5.74, 6) is -0.811. The van der Waals surface area contributed by atoms with Gasteiger partial charge >= 0.3 is 11.9 Å². The molecule has 0 aliphatic rings. The van der Waals surface area contributed by atoms with Crippen LogP contribution in [-0.4, -0.2) is 70.0 Å². The van der Waals surface area contributed by atoms with E-state index in [4.69, 9.17) is 18.5 Å². The highest BCUT2D eigenvalue weighted by molar-refractivity contribution is 7.45. The molecular formula is C86H160NO8P. The average Bonchev–Trinajstić information content (AvgIpc) is 1.97. The number of quaternary nitrogens is 1. The quantitative estimate of drug-likeness (QED) is 0.0195. The Morgan fingerprint density at radius 1 is 0.333 bits per heavy atom. The molecule has 0 spiro atoms. The van der Waals surface area contributed by atoms with Gasteiger partial charge in [-0.25, -0.2) is 0 Å². The highest BCUT2D eigenvalue weighted by atomic mass is 31.2. The number of phosphoric acid groups is 1. The first-order valence-corrected chi connectivity index (χ1v) is 43.1. The molecule has 0 aliphatic carbocycles. The van der Waals surface area contributed by atoms with Crippen molar-refractivity contribution in [3.63, 3.8) is 0 Å². The summed E-state index contributed by atoms with van der Waals surface area (Å²) in [6.45, 7) is 4.18. The fourth-order valence-corrected chi connectivity index (χ4v) is 13.1. The topological polar surface area (TPSA) is 111 Å². The Balaban J connectivity index is 3.87. The fourth-order valence-electron chi connectivity index (χ4n) is 12.4. The Kier molecular flexibility index (Phi) is 74.6. The van der Waals surface area contributed by atoms with E-state index in [1.165, 1.54) is 308 Å². The Morgan fingerprint density at radius 2 is 0.594 bits per heavy atom. The van der Waals surface area contributed by atoms with Gasteiger partial charge in [0.2, 0.25) is 0 Å². The van der Waals surface area contributed by atoms with Crippen LogP contribution in [0.2, 0.25) is 0 Å². The molecule has 0 saturated carbocycles. The highest BCUT2D eigenvalue weighted by Crippen LogP contribution is 2.38. The zero-order valence-corrected chi connectivity index (χ0v) is 65.2. The van der Waals surface area contributed by atoms with Crippen molar-refractivity contribution < 1.29 is 42.1 Å². The molecule has 562 valence electrons. The fraction of sp³-hybridized carbons (Fsp3) is 0.837. The minimum atomic E-state index is -4.65. The van der Waals surface area contributed by atoms with Crippen molar-refractivity contribution in [2.45, 2.75) is 418 Å². The molecule has 0 fully saturated rings. The Hall–Kier alpha value is -2.55. The second-order valence-corrected chi connectivity index (χ2v) is 30.9. The lowest BCUT2D eigenvalue weighted by Gasteiger charge is -2.28. The second-order valence-electron chi connectivity index (χ2n) is 29.5. The lowest BCUT2D eigenvalue weighted by molar-refractivity contribution is -0.870. The standard InChI is InChI=1S/C86H160NO8P/c1-6-8-10-12-14-16-18-20-22-24-26-28-30-32-34-36-38-39-40-41-42-43-44-45-46-47-49-50-52-54-56-58-60-62-64-66-68-70-72-74-76-78-85(88)92-82-84(83-94-96(90,91)93-81-80-87(3,4)5)95-86(89)79-77-75-73-71-69-67-65-63-61-59-57-55-53-51-48-37-35-33-31-29-27-25-23-21-19-17-15-13-11-9-7-2/h9,11,15,17-18,20-21,23-24,26-27,29,84H,6-8,10,12-14,16,19,22,25,28,30-83H2,1-5H3/b11-9-,17-15-,20-18-,23-21-,26-24-,29-27-. The first-order chi connectivity index (χ1) is 47.0. The smallest absolute Gasteiger partial charge is 0.306 e. The number of phosphoric ester groups is 1. The summed E-state index contributed by atoms with van der Waals surface area (Å²) in [5.41, 5.74) is 0. The lowest BCUT2D eigenvalue weighted by atomic mass is 10.0. The average molecular weight is 1370 g/mol. The first kappa shape index (κ1) is 93.5. The number of likely N-dealkylation sites (N-methyl/N-ethyl adjacent to an activating group) is 1. The monoisotopic (exact) mass is 1370 g/mol. The van der Waals surface area contributed by atoms with E-state index in [0.717, 1.165) is 70.6 Å². The van der Waals surface area contributed by atoms with Crippen LogP contribution in [0.1, 0.15) is 412 Å². The van der Waals surface area contributed by atoms with Gasteiger partial charge in [0.05, 0.1) is 27.7 Å². The molecule has 2 unspecified atom stereocenters. The first-order valence-electron chi connectivity index (χ1n) is 41.6. The predicted molar refractivity (Wildman–Crippen MR) is 416 cm³/mol. The second kappa shape index (κ2) is 76.6. The van der Waals surface area contributed by atoms with E-state index in [1.807, 2.05) is 21.1 Å². The summed E-state index contributed by atoms with van der Waals surface area (Å²) in [6.07, 6.45) is 105. The van der Waals surface area contributed by atoms with Gasteiger partial charge < -0.3 is 27.9 Å². The van der Waals surface area contributed by atoms with Gasteiger partial charge in [0.15, 0.2) is 6.10 Å². The van der Waals surface area contributed by atoms with Crippen molar-refractivity contribution in [3.8, 4) is 0 Å². The maximum atomic E-state index is 12.9. The van der Waals surface area contributed by atoms with Gasteiger partial charge in [-0.2, -0.15) is 0 Å². The van der Waals surface area contributed by atoms with Crippen LogP contribution in [0.25, 0.3) is 0 Å². The van der Waals surface area contributed by atoms with E-state index in [0.29, 0.717) is 17.4 Å². The van der Waals surface area contributed by atoms with Crippen LogP contribution in [-0.2, 0) is 32.7 Å². The molecule has 96 heavy (non-hydrogen) atoms. The minimum Gasteiger partial charge on any atom is -0.756 e. The number of rotatable bonds is 78. The largest absolute Gasteiger partial charge is 0.756 e. The molecule has 0 heterocycles. The number of allylic oxidation sites excluding steroid dienone is 12. The van der Waals surface area contributed by atoms with Crippen LogP contribution in [0.4, 0.5) is 0 Å². The molecule has 10 heteroatoms. The van der Waals surface area contributed by atoms with E-state index in [2.05, 4.69) is 86.8 Å². The number of carbonyl (C=O) groups excluding carboxylic acids is 2. The molecule has 0 rings (SSSR count). The van der Waals surface area contributed by atoms with E-state index < -0.39 is 26.5 Å². The summed E-state index contributed by atoms with van der Waals surface area (Å²) in [5, 5.41) is 0. The van der Waals surface area contributed by atoms with Gasteiger partial charge in [-0.1, -0.05) is 389 Å². The van der Waals surface area contributed by atoms with E-state index in [-0.39, 0.29) is 32.0 Å². The van der Waals surface area contributed by atoms with Crippen molar-refractivity contribution in [1.82, 2.24) is 0 Å². The molecule has 0 bridgehead atoms. The molecule has 0 saturated heterocycles. The third kappa shape index (κ3) is 80.4. The molecule has 0 aliphatic heterocycles. The number of ether oxygens (including phenoxy) is 2. The minimum absolute atomic E-state index is 0.0292. The summed E-state index contributed by atoms with van der Waals surface area (Å²) in [7, 11) is 1.19. The summed E-state index contributed by atoms with van der Waals surface area (Å²) in [6, 6.07) is 0. The Labute approximate surface area is 597 Å². The molecule has 0 aromatic carbocycles. The third-order valence-electron chi connectivity index (χ3n) is 18.7. The van der Waals surface area contributed by atoms with Crippen LogP contribution in [0, 0.1) is 0 Å². The maximum absolute atomic E-state index is 12.9. The number of esters is 2. The number of unbranched alkanes of at least 4 members (excludes halogenated alkanes) is 52. The summed E-state index contributed by atoms with van der Waals surface area (Å²) < 4.78 is 34.4. The van der Waals surface area contributed by atoms with Gasteiger partial charge in [-0.15, -0.1) is 0 Å². The van der Waals surface area contributed by atoms with Gasteiger partial charge in [-0.05, 0) is 83.5 Å². The molecule has 2 atom stereocenters. The van der Waals surface area contributed by atoms with Crippen LogP contribution < -0.4 is 4.89 Å². The van der Waals surface area contributed by atoms with Crippen LogP contribution in [0.15, 0.2) is 72.9 Å². The van der Waals surface area contributed by atoms with Crippen molar-refractivity contribution in [1.29, 1.82) is 0 Å². The van der Waals surface area contributed by atoms with Crippen LogP contribution in [0.3, 0.4) is 0 Å². The van der Waals surface area contributed by atoms with Gasteiger partial charge in [0.1, 0.15) is 19.8 Å². The highest BCUT2D eigenvalue weighted by Gasteiger charge is 2.22. The molecule has 0 radical (unpaired) electrons. The maximum Gasteiger partial charge on any atom is 0.306 e. The predicted octanol–water partition coefficient (Wildman–Crippen LogP) is 27.2. The number of hydrogen-bond acceptors (Lipinski definition) is 8. The van der Waals surface area contributed by atoms with Crippen LogP contribution in [0.5, 0.6) is 0 Å². The summed E-state index contributed by atoms with van der Waals surface area (Å²) in [4.78, 5) is 38.2. The SMILES string of the molecule is CC/C=C\C/C=C\C/C=C\C/C=C\CCCCCCCCCCCCCCCCCCCCC(=O)OC(COC(=O)CCCCCCCCCCCCCCCCCCCCCCCCCCCCCCC/C=C\C/C=C\CCCCCCC)COP(=O)([O-])OCC[N+](C)(C)C. The molecule has 0 aromatic rings. The van der Waals surface area contributed by atoms with Crippen LogP contribution >= 0.6 is 7.82 Å². The van der Waals surface area contributed by atoms with E-state index in [1.54, 1.807) is 0 Å². The van der Waals surface area contributed by atoms with Gasteiger partial charge in [-0.3, -0.25) is 14.2 Å². The van der Waals surface area contributed by atoms with Gasteiger partial charge in [0, 0.05) is 12.8 Å². The number of hydrogen-bond donors (Lipinski definition) is 0. The molecule has 0 amide bonds. The van der Waals surface area contributed by atoms with Crippen molar-refractivity contribution >= 4 is 19.8 Å². The van der Waals surface area contributed by atoms with Crippen molar-refractivity contribution in [2.24, 2.45) is 0 Å². The molecule has 9 nitrogen and oxygen atoms in total. The van der Waals surface area contributed by atoms with Gasteiger partial charge in [0.25, 0.3) is 7.82 Å². The van der Waals surface area contributed by atoms with Crippen molar-refractivity contribution in [3.05, 3.63) is 72.9 Å². The molecule has 0 aromatic heterocycles. The molecular weight excluding hydrogens is 1210 g/mol. The van der Waals surface area contributed by atoms with E-state index >= 15 is 0 Å². The Bertz CT molecular complexity index is 1850. The zero-order valence-electron chi connectivity index (χ0n) is 64.3. The lowest BCUT2D eigenvalue weighted by Crippen LogP contribution is -2.37.